The molecule has 3 rings (SSSR count). The summed E-state index contributed by atoms with van der Waals surface area (Å²) >= 11 is 0. The van der Waals surface area contributed by atoms with Gasteiger partial charge in [0.2, 0.25) is 0 Å². The largest absolute Gasteiger partial charge is 0.508 e. The molecule has 152 valence electrons. The summed E-state index contributed by atoms with van der Waals surface area (Å²) in [6, 6.07) is 21.1. The number of hydrogen-bond acceptors (Lipinski definition) is 6. The van der Waals surface area contributed by atoms with Crippen LogP contribution in [0.5, 0.6) is 5.75 Å². The topological polar surface area (TPSA) is 161 Å². The molecule has 0 heterocycles. The standard InChI is InChI=1S/C17H15NO.C4H6O6/c18-17(13-7-2-1-3-8-13)16-14-9-5-4-6-12(14)10-11-15(16)19;5-1(3(7)8)2(6)4(9)10/h1-11,17,19H,18H2;1-2,5-6H,(H,7,8)(H,9,10)/t17-;1-,2-/m11/s1. The summed E-state index contributed by atoms with van der Waals surface area (Å²) in [4.78, 5) is 19.5. The molecule has 3 atom stereocenters. The van der Waals surface area contributed by atoms with Gasteiger partial charge in [-0.15, -0.1) is 0 Å². The van der Waals surface area contributed by atoms with E-state index in [2.05, 4.69) is 0 Å². The number of carboxylic acids is 2. The monoisotopic (exact) mass is 399 g/mol. The van der Waals surface area contributed by atoms with Crippen molar-refractivity contribution in [3.05, 3.63) is 77.9 Å². The van der Waals surface area contributed by atoms with Crippen LogP contribution in [-0.4, -0.2) is 49.7 Å². The number of carboxylic acid groups (broad SMARTS) is 2. The molecule has 0 aliphatic heterocycles. The Morgan fingerprint density at radius 3 is 1.83 bits per heavy atom. The number of aliphatic hydroxyl groups is 2. The number of rotatable bonds is 5. The van der Waals surface area contributed by atoms with Crippen molar-refractivity contribution in [3.63, 3.8) is 0 Å². The lowest BCUT2D eigenvalue weighted by molar-refractivity contribution is -0.165. The van der Waals surface area contributed by atoms with E-state index in [0.717, 1.165) is 21.9 Å². The first-order valence-corrected chi connectivity index (χ1v) is 8.57. The highest BCUT2D eigenvalue weighted by atomic mass is 16.4. The maximum atomic E-state index is 10.2. The van der Waals surface area contributed by atoms with Crippen LogP contribution < -0.4 is 5.73 Å². The van der Waals surface area contributed by atoms with Gasteiger partial charge in [-0.3, -0.25) is 0 Å². The van der Waals surface area contributed by atoms with Crippen LogP contribution in [0.3, 0.4) is 0 Å². The van der Waals surface area contributed by atoms with E-state index in [9.17, 15) is 14.7 Å². The van der Waals surface area contributed by atoms with Crippen molar-refractivity contribution in [1.82, 2.24) is 0 Å². The minimum atomic E-state index is -2.27. The normalized spacial score (nSPS) is 13.6. The second kappa shape index (κ2) is 9.65. The molecule has 0 saturated carbocycles. The Morgan fingerprint density at radius 2 is 1.28 bits per heavy atom. The number of aliphatic hydroxyl groups excluding tert-OH is 2. The summed E-state index contributed by atoms with van der Waals surface area (Å²) in [7, 11) is 0. The highest BCUT2D eigenvalue weighted by Gasteiger charge is 2.29. The molecule has 0 saturated heterocycles. The van der Waals surface area contributed by atoms with Gasteiger partial charge in [0.05, 0.1) is 6.04 Å². The average Bonchev–Trinajstić information content (AvgIpc) is 2.73. The molecule has 8 nitrogen and oxygen atoms in total. The number of aliphatic carboxylic acids is 2. The number of benzene rings is 3. The Kier molecular flexibility index (Phi) is 7.27. The van der Waals surface area contributed by atoms with Crippen molar-refractivity contribution in [3.8, 4) is 5.75 Å². The second-order valence-corrected chi connectivity index (χ2v) is 6.17. The van der Waals surface area contributed by atoms with Crippen LogP contribution in [0.4, 0.5) is 0 Å². The number of phenols is 1. The van der Waals surface area contributed by atoms with Gasteiger partial charge in [-0.25, -0.2) is 9.59 Å². The van der Waals surface area contributed by atoms with Gasteiger partial charge in [-0.1, -0.05) is 60.7 Å². The smallest absolute Gasteiger partial charge is 0.335 e. The Morgan fingerprint density at radius 1 is 0.759 bits per heavy atom. The van der Waals surface area contributed by atoms with E-state index in [-0.39, 0.29) is 11.8 Å². The van der Waals surface area contributed by atoms with Gasteiger partial charge >= 0.3 is 11.9 Å². The third kappa shape index (κ3) is 5.29. The number of aromatic hydroxyl groups is 1. The fourth-order valence-electron chi connectivity index (χ4n) is 2.71. The summed E-state index contributed by atoms with van der Waals surface area (Å²) in [6.45, 7) is 0. The first kappa shape index (κ1) is 21.8. The van der Waals surface area contributed by atoms with E-state index in [0.29, 0.717) is 0 Å². The molecule has 8 heteroatoms. The lowest BCUT2D eigenvalue weighted by atomic mass is 9.93. The third-order valence-electron chi connectivity index (χ3n) is 4.22. The Bertz CT molecular complexity index is 973. The summed E-state index contributed by atoms with van der Waals surface area (Å²) in [5.41, 5.74) is 8.10. The Labute approximate surface area is 166 Å². The number of hydrogen-bond donors (Lipinski definition) is 6. The lowest BCUT2D eigenvalue weighted by Gasteiger charge is -2.16. The zero-order valence-electron chi connectivity index (χ0n) is 15.2. The van der Waals surface area contributed by atoms with Crippen LogP contribution in [0, 0.1) is 0 Å². The zero-order valence-corrected chi connectivity index (χ0v) is 15.2. The van der Waals surface area contributed by atoms with Crippen LogP contribution in [0.2, 0.25) is 0 Å². The van der Waals surface area contributed by atoms with Gasteiger partial charge < -0.3 is 31.3 Å². The molecule has 0 spiro atoms. The third-order valence-corrected chi connectivity index (χ3v) is 4.22. The summed E-state index contributed by atoms with van der Waals surface area (Å²) in [5.74, 6) is -3.29. The first-order valence-electron chi connectivity index (χ1n) is 8.57. The van der Waals surface area contributed by atoms with E-state index in [1.807, 2.05) is 60.7 Å². The fourth-order valence-corrected chi connectivity index (χ4v) is 2.71. The van der Waals surface area contributed by atoms with Crippen molar-refractivity contribution >= 4 is 22.7 Å². The molecule has 3 aromatic carbocycles. The van der Waals surface area contributed by atoms with E-state index in [4.69, 9.17) is 26.2 Å². The number of carbonyl (C=O) groups is 2. The van der Waals surface area contributed by atoms with Gasteiger partial charge in [0, 0.05) is 5.56 Å². The predicted molar refractivity (Wildman–Crippen MR) is 105 cm³/mol. The number of fused-ring (bicyclic) bond motifs is 1. The lowest BCUT2D eigenvalue weighted by Crippen LogP contribution is -2.39. The van der Waals surface area contributed by atoms with Gasteiger partial charge in [0.15, 0.2) is 12.2 Å². The van der Waals surface area contributed by atoms with E-state index in [1.54, 1.807) is 6.07 Å². The molecule has 0 unspecified atom stereocenters. The second-order valence-electron chi connectivity index (χ2n) is 6.17. The molecule has 0 aliphatic carbocycles. The molecule has 0 radical (unpaired) electrons. The summed E-state index contributed by atoms with van der Waals surface area (Å²) < 4.78 is 0. The van der Waals surface area contributed by atoms with Crippen LogP contribution in [0.15, 0.2) is 66.7 Å². The van der Waals surface area contributed by atoms with Gasteiger partial charge in [0.1, 0.15) is 5.75 Å². The zero-order chi connectivity index (χ0) is 21.6. The van der Waals surface area contributed by atoms with Crippen molar-refractivity contribution in [1.29, 1.82) is 0 Å². The number of phenolic OH excluding ortho intramolecular Hbond substituents is 1. The van der Waals surface area contributed by atoms with Gasteiger partial charge in [-0.05, 0) is 22.4 Å². The van der Waals surface area contributed by atoms with Crippen LogP contribution in [0.25, 0.3) is 10.8 Å². The molecule has 0 bridgehead atoms. The van der Waals surface area contributed by atoms with E-state index >= 15 is 0 Å². The molecule has 0 fully saturated rings. The molecule has 7 N–H and O–H groups in total. The molecular weight excluding hydrogens is 378 g/mol. The minimum Gasteiger partial charge on any atom is -0.508 e. The molecule has 0 aromatic heterocycles. The predicted octanol–water partition coefficient (Wildman–Crippen LogP) is 1.47. The average molecular weight is 399 g/mol. The van der Waals surface area contributed by atoms with Crippen molar-refractivity contribution in [2.75, 3.05) is 0 Å². The Hall–Kier alpha value is -3.46. The molecular formula is C21H21NO7. The first-order chi connectivity index (χ1) is 13.7. The van der Waals surface area contributed by atoms with Crippen molar-refractivity contribution in [2.24, 2.45) is 5.73 Å². The van der Waals surface area contributed by atoms with E-state index in [1.165, 1.54) is 0 Å². The highest BCUT2D eigenvalue weighted by Crippen LogP contribution is 2.34. The molecule has 0 amide bonds. The maximum absolute atomic E-state index is 10.2. The maximum Gasteiger partial charge on any atom is 0.335 e. The summed E-state index contributed by atoms with van der Waals surface area (Å²) in [5, 5.41) is 44.8. The molecule has 29 heavy (non-hydrogen) atoms. The fraction of sp³-hybridized carbons (Fsp3) is 0.143. The van der Waals surface area contributed by atoms with Crippen molar-refractivity contribution < 1.29 is 35.1 Å². The molecule has 0 aliphatic rings. The van der Waals surface area contributed by atoms with E-state index < -0.39 is 24.1 Å². The SMILES string of the molecule is N[C@H](c1ccccc1)c1c(O)ccc2ccccc12.O=C(O)[C@H](O)[C@@H](O)C(=O)O. The quantitative estimate of drug-likeness (QED) is 0.376. The van der Waals surface area contributed by atoms with Crippen LogP contribution in [0.1, 0.15) is 17.2 Å². The van der Waals surface area contributed by atoms with Gasteiger partial charge in [-0.2, -0.15) is 0 Å². The van der Waals surface area contributed by atoms with Crippen LogP contribution in [-0.2, 0) is 9.59 Å². The summed E-state index contributed by atoms with van der Waals surface area (Å²) in [6.07, 6.45) is -4.53. The number of nitrogens with two attached hydrogens (primary N) is 1. The molecule has 3 aromatic rings. The van der Waals surface area contributed by atoms with Crippen molar-refractivity contribution in [2.45, 2.75) is 18.2 Å². The van der Waals surface area contributed by atoms with Crippen LogP contribution >= 0.6 is 0 Å². The van der Waals surface area contributed by atoms with Gasteiger partial charge in [0.25, 0.3) is 0 Å². The highest BCUT2D eigenvalue weighted by molar-refractivity contribution is 5.88. The minimum absolute atomic E-state index is 0.245. The Balaban J connectivity index is 0.000000257.